The van der Waals surface area contributed by atoms with E-state index in [1.807, 2.05) is 35.0 Å². The molecule has 1 unspecified atom stereocenters. The minimum Gasteiger partial charge on any atom is -0.475 e. The third kappa shape index (κ3) is 5.48. The van der Waals surface area contributed by atoms with Crippen LogP contribution in [0.3, 0.4) is 0 Å². The summed E-state index contributed by atoms with van der Waals surface area (Å²) in [6.07, 6.45) is -2.79. The van der Waals surface area contributed by atoms with Gasteiger partial charge < -0.3 is 14.7 Å². The maximum atomic E-state index is 13.6. The molecule has 0 saturated carbocycles. The first kappa shape index (κ1) is 23.3. The second-order valence-electron chi connectivity index (χ2n) is 7.13. The first-order valence-electron chi connectivity index (χ1n) is 9.05. The minimum atomic E-state index is -5.08. The maximum absolute atomic E-state index is 13.6. The molecule has 168 valence electrons. The van der Waals surface area contributed by atoms with Crippen molar-refractivity contribution in [3.05, 3.63) is 46.0 Å². The van der Waals surface area contributed by atoms with Crippen molar-refractivity contribution in [3.8, 4) is 5.88 Å². The number of alkyl halides is 3. The first-order valence-corrected chi connectivity index (χ1v) is 10.9. The van der Waals surface area contributed by atoms with Crippen molar-refractivity contribution in [3.63, 3.8) is 0 Å². The van der Waals surface area contributed by atoms with Gasteiger partial charge in [0.2, 0.25) is 0 Å². The van der Waals surface area contributed by atoms with Gasteiger partial charge in [0.25, 0.3) is 11.8 Å². The van der Waals surface area contributed by atoms with Gasteiger partial charge >= 0.3 is 12.1 Å². The van der Waals surface area contributed by atoms with E-state index in [4.69, 9.17) is 14.6 Å². The Morgan fingerprint density at radius 1 is 1.32 bits per heavy atom. The van der Waals surface area contributed by atoms with E-state index in [2.05, 4.69) is 4.98 Å². The van der Waals surface area contributed by atoms with Crippen LogP contribution < -0.4 is 4.74 Å². The number of hydrogen-bond donors (Lipinski definition) is 1. The van der Waals surface area contributed by atoms with Crippen molar-refractivity contribution in [1.29, 1.82) is 0 Å². The van der Waals surface area contributed by atoms with E-state index < -0.39 is 18.0 Å². The molecule has 12 heteroatoms. The molecule has 0 bridgehead atoms. The fourth-order valence-electron chi connectivity index (χ4n) is 3.24. The Balaban J connectivity index is 0.000000339. The molecule has 4 rings (SSSR count). The number of halogens is 4. The van der Waals surface area contributed by atoms with Crippen LogP contribution in [0.2, 0.25) is 0 Å². The number of ether oxygens (including phenoxy) is 1. The van der Waals surface area contributed by atoms with E-state index in [0.29, 0.717) is 0 Å². The zero-order valence-corrected chi connectivity index (χ0v) is 17.8. The molecule has 2 aliphatic rings. The van der Waals surface area contributed by atoms with Gasteiger partial charge in [0.15, 0.2) is 5.82 Å². The topological polar surface area (TPSA) is 79.7 Å². The molecule has 0 aromatic carbocycles. The number of carbonyl (C=O) groups is 2. The average Bonchev–Trinajstić information content (AvgIpc) is 3.28. The predicted molar refractivity (Wildman–Crippen MR) is 107 cm³/mol. The predicted octanol–water partition coefficient (Wildman–Crippen LogP) is 4.00. The molecule has 1 N–H and O–H groups in total. The number of nitrogens with zero attached hydrogens (tertiary/aromatic N) is 2. The quantitative estimate of drug-likeness (QED) is 0.672. The van der Waals surface area contributed by atoms with Crippen molar-refractivity contribution in [2.75, 3.05) is 18.8 Å². The van der Waals surface area contributed by atoms with Crippen LogP contribution in [0, 0.1) is 12.7 Å². The number of thioether (sulfide) groups is 1. The highest BCUT2D eigenvalue weighted by molar-refractivity contribution is 8.01. The molecule has 1 atom stereocenters. The summed E-state index contributed by atoms with van der Waals surface area (Å²) in [7, 11) is 0. The van der Waals surface area contributed by atoms with E-state index in [9.17, 15) is 22.4 Å². The molecule has 2 aliphatic heterocycles. The highest BCUT2D eigenvalue weighted by atomic mass is 32.2. The second-order valence-corrected chi connectivity index (χ2v) is 9.53. The SMILES string of the molecule is Cc1ccsc1C(=O)N1CC2(CC(Oc3ncccc3F)CS2)C1.O=C(O)C(F)(F)F. The normalized spacial score (nSPS) is 19.4. The summed E-state index contributed by atoms with van der Waals surface area (Å²) in [6, 6.07) is 4.88. The lowest BCUT2D eigenvalue weighted by molar-refractivity contribution is -0.192. The van der Waals surface area contributed by atoms with Gasteiger partial charge in [0.1, 0.15) is 6.10 Å². The van der Waals surface area contributed by atoms with Gasteiger partial charge in [-0.05, 0) is 36.1 Å². The highest BCUT2D eigenvalue weighted by Crippen LogP contribution is 2.46. The summed E-state index contributed by atoms with van der Waals surface area (Å²) >= 11 is 3.32. The van der Waals surface area contributed by atoms with Crippen molar-refractivity contribution in [2.45, 2.75) is 30.4 Å². The Morgan fingerprint density at radius 2 is 2.00 bits per heavy atom. The minimum absolute atomic E-state index is 0.0523. The molecule has 0 radical (unpaired) electrons. The van der Waals surface area contributed by atoms with Gasteiger partial charge in [0.05, 0.1) is 9.62 Å². The van der Waals surface area contributed by atoms with Gasteiger partial charge in [-0.1, -0.05) is 0 Å². The maximum Gasteiger partial charge on any atom is 0.490 e. The number of aryl methyl sites for hydroxylation is 1. The Hall–Kier alpha value is -2.34. The van der Waals surface area contributed by atoms with Crippen LogP contribution in [-0.2, 0) is 4.79 Å². The number of thiophene rings is 1. The van der Waals surface area contributed by atoms with Crippen LogP contribution in [0.5, 0.6) is 5.88 Å². The summed E-state index contributed by atoms with van der Waals surface area (Å²) in [4.78, 5) is 28.1. The summed E-state index contributed by atoms with van der Waals surface area (Å²) in [5, 5.41) is 9.08. The monoisotopic (exact) mass is 478 g/mol. The van der Waals surface area contributed by atoms with Crippen LogP contribution in [-0.4, -0.2) is 62.7 Å². The Labute approximate surface area is 183 Å². The molecule has 0 aliphatic carbocycles. The van der Waals surface area contributed by atoms with Gasteiger partial charge in [-0.3, -0.25) is 4.79 Å². The van der Waals surface area contributed by atoms with Crippen LogP contribution in [0.1, 0.15) is 21.7 Å². The van der Waals surface area contributed by atoms with Crippen molar-refractivity contribution >= 4 is 35.0 Å². The molecule has 2 fully saturated rings. The van der Waals surface area contributed by atoms with E-state index >= 15 is 0 Å². The zero-order valence-electron chi connectivity index (χ0n) is 16.2. The number of pyridine rings is 1. The lowest BCUT2D eigenvalue weighted by Gasteiger charge is -2.47. The van der Waals surface area contributed by atoms with Gasteiger partial charge in [-0.25, -0.2) is 14.2 Å². The number of carbonyl (C=O) groups excluding carboxylic acids is 1. The molecule has 6 nitrogen and oxygen atoms in total. The van der Waals surface area contributed by atoms with Crippen molar-refractivity contribution in [1.82, 2.24) is 9.88 Å². The number of hydrogen-bond acceptors (Lipinski definition) is 6. The van der Waals surface area contributed by atoms with Crippen LogP contribution >= 0.6 is 23.1 Å². The number of aliphatic carboxylic acids is 1. The molecule has 2 aromatic rings. The number of likely N-dealkylation sites (tertiary alicyclic amines) is 1. The third-order valence-corrected chi connectivity index (χ3v) is 7.30. The molecule has 1 spiro atoms. The smallest absolute Gasteiger partial charge is 0.475 e. The first-order chi connectivity index (χ1) is 14.5. The molecule has 4 heterocycles. The molecular formula is C19H18F4N2O4S2. The lowest BCUT2D eigenvalue weighted by Crippen LogP contribution is -2.60. The number of rotatable bonds is 3. The highest BCUT2D eigenvalue weighted by Gasteiger charge is 2.51. The van der Waals surface area contributed by atoms with E-state index in [1.54, 1.807) is 6.07 Å². The fraction of sp³-hybridized carbons (Fsp3) is 0.421. The van der Waals surface area contributed by atoms with Crippen LogP contribution in [0.4, 0.5) is 17.6 Å². The number of carboxylic acids is 1. The van der Waals surface area contributed by atoms with Gasteiger partial charge in [-0.2, -0.15) is 13.2 Å². The van der Waals surface area contributed by atoms with Crippen LogP contribution in [0.15, 0.2) is 29.8 Å². The number of aromatic nitrogens is 1. The standard InChI is InChI=1S/C17H17FN2O2S2.C2HF3O2/c1-11-4-6-23-14(11)16(21)20-9-17(10-20)7-12(8-24-17)22-15-13(18)3-2-5-19-15;3-2(4,5)1(6)7/h2-6,12H,7-10H2,1H3;(H,6,7). The van der Waals surface area contributed by atoms with E-state index in [-0.39, 0.29) is 22.6 Å². The van der Waals surface area contributed by atoms with Crippen LogP contribution in [0.25, 0.3) is 0 Å². The number of amides is 1. The van der Waals surface area contributed by atoms with E-state index in [0.717, 1.165) is 35.7 Å². The van der Waals surface area contributed by atoms with Crippen molar-refractivity contribution < 1.29 is 37.0 Å². The summed E-state index contributed by atoms with van der Waals surface area (Å²) in [5.74, 6) is -2.19. The zero-order chi connectivity index (χ0) is 22.8. The lowest BCUT2D eigenvalue weighted by atomic mass is 9.92. The fourth-order valence-corrected chi connectivity index (χ4v) is 5.66. The average molecular weight is 478 g/mol. The third-order valence-electron chi connectivity index (χ3n) is 4.72. The molecule has 2 saturated heterocycles. The Bertz CT molecular complexity index is 960. The van der Waals surface area contributed by atoms with Crippen molar-refractivity contribution in [2.24, 2.45) is 0 Å². The van der Waals surface area contributed by atoms with E-state index in [1.165, 1.54) is 23.6 Å². The van der Waals surface area contributed by atoms with Gasteiger partial charge in [0, 0.05) is 31.5 Å². The molecule has 31 heavy (non-hydrogen) atoms. The summed E-state index contributed by atoms with van der Waals surface area (Å²) in [6.45, 7) is 3.44. The summed E-state index contributed by atoms with van der Waals surface area (Å²) < 4.78 is 51.2. The molecule has 1 amide bonds. The molecular weight excluding hydrogens is 460 g/mol. The molecule has 2 aromatic heterocycles. The largest absolute Gasteiger partial charge is 0.490 e. The Kier molecular flexibility index (Phi) is 6.79. The second kappa shape index (κ2) is 9.03. The Morgan fingerprint density at radius 3 is 2.55 bits per heavy atom. The van der Waals surface area contributed by atoms with Gasteiger partial charge in [-0.15, -0.1) is 23.1 Å². The number of carboxylic acid groups (broad SMARTS) is 1. The summed E-state index contributed by atoms with van der Waals surface area (Å²) in [5.41, 5.74) is 1.04.